The Hall–Kier alpha value is -2.62. The summed E-state index contributed by atoms with van der Waals surface area (Å²) in [6, 6.07) is 10.8. The molecule has 1 fully saturated rings. The van der Waals surface area contributed by atoms with Crippen LogP contribution in [0.25, 0.3) is 0 Å². The van der Waals surface area contributed by atoms with Crippen LogP contribution in [0.2, 0.25) is 5.02 Å². The van der Waals surface area contributed by atoms with Gasteiger partial charge in [0.05, 0.1) is 10.9 Å². The number of amides is 1. The van der Waals surface area contributed by atoms with Crippen molar-refractivity contribution in [1.29, 1.82) is 0 Å². The van der Waals surface area contributed by atoms with Crippen LogP contribution >= 0.6 is 11.6 Å². The molecule has 2 aromatic rings. The molecule has 5 rings (SSSR count). The van der Waals surface area contributed by atoms with Gasteiger partial charge in [0.25, 0.3) is 5.91 Å². The van der Waals surface area contributed by atoms with E-state index in [0.717, 1.165) is 43.2 Å². The minimum absolute atomic E-state index is 0.0938. The van der Waals surface area contributed by atoms with E-state index in [1.165, 1.54) is 0 Å². The molecule has 228 valence electrons. The predicted molar refractivity (Wildman–Crippen MR) is 163 cm³/mol. The van der Waals surface area contributed by atoms with Crippen molar-refractivity contribution >= 4 is 39.5 Å². The molecule has 10 heteroatoms. The number of aryl methyl sites for hydroxylation is 1. The van der Waals surface area contributed by atoms with E-state index in [2.05, 4.69) is 9.62 Å². The van der Waals surface area contributed by atoms with Crippen LogP contribution in [0.1, 0.15) is 80.3 Å². The first-order valence-electron chi connectivity index (χ1n) is 15.0. The largest absolute Gasteiger partial charge is 0.487 e. The second-order valence-corrected chi connectivity index (χ2v) is 14.9. The maximum absolute atomic E-state index is 13.3. The van der Waals surface area contributed by atoms with Gasteiger partial charge in [-0.25, -0.2) is 13.1 Å². The third-order valence-electron chi connectivity index (χ3n) is 9.72. The zero-order valence-electron chi connectivity index (χ0n) is 24.4. The van der Waals surface area contributed by atoms with E-state index in [0.29, 0.717) is 55.3 Å². The first-order chi connectivity index (χ1) is 20.0. The molecule has 8 nitrogen and oxygen atoms in total. The molecule has 0 saturated heterocycles. The maximum atomic E-state index is 13.3. The number of carbonyl (C=O) groups is 2. The zero-order valence-corrected chi connectivity index (χ0v) is 25.9. The van der Waals surface area contributed by atoms with E-state index >= 15 is 0 Å². The Morgan fingerprint density at radius 1 is 1.07 bits per heavy atom. The number of sulfonamides is 1. The Labute approximate surface area is 253 Å². The second kappa shape index (κ2) is 12.5. The summed E-state index contributed by atoms with van der Waals surface area (Å²) in [6.45, 7) is 5.00. The molecule has 2 bridgehead atoms. The second-order valence-electron chi connectivity index (χ2n) is 12.4. The zero-order chi connectivity index (χ0) is 30.1. The smallest absolute Gasteiger partial charge is 0.264 e. The molecule has 0 radical (unpaired) electrons. The summed E-state index contributed by atoms with van der Waals surface area (Å²) in [5.41, 5.74) is 1.66. The number of carbonyl (C=O) groups excluding carboxylic acids is 2. The first-order valence-corrected chi connectivity index (χ1v) is 17.0. The Bertz CT molecular complexity index is 1430. The predicted octanol–water partition coefficient (Wildman–Crippen LogP) is 5.29. The van der Waals surface area contributed by atoms with Crippen LogP contribution in [0.4, 0.5) is 5.69 Å². The van der Waals surface area contributed by atoms with Crippen molar-refractivity contribution in [1.82, 2.24) is 4.72 Å². The standard InChI is InChI=1S/C32H41ClN2O6S/c1-21-6-5-14-32(38,20-36)28-12-9-25(28)18-35-15-4-3-7-23-16-27(33)11-8-26(23)19-41-30-13-10-24(17-29(30)35)31(37)34-42(39,40)22(21)2/h8,10-11,13,16-17,20-22,25,28,38H,3-7,9,12,14-15,18-19H2,1-2H3,(H,34,37)/t21-,22+,25-,28+,32+/m0/s1. The molecule has 1 amide bonds. The molecule has 1 saturated carbocycles. The lowest BCUT2D eigenvalue weighted by atomic mass is 9.63. The summed E-state index contributed by atoms with van der Waals surface area (Å²) in [5, 5.41) is 11.3. The minimum atomic E-state index is -3.97. The van der Waals surface area contributed by atoms with Gasteiger partial charge in [-0.3, -0.25) is 4.79 Å². The molecule has 3 aliphatic rings. The number of aldehydes is 1. The lowest BCUT2D eigenvalue weighted by molar-refractivity contribution is -0.140. The van der Waals surface area contributed by atoms with E-state index in [4.69, 9.17) is 16.3 Å². The quantitative estimate of drug-likeness (QED) is 0.419. The first kappa shape index (κ1) is 30.8. The average Bonchev–Trinajstić information content (AvgIpc) is 2.97. The van der Waals surface area contributed by atoms with Gasteiger partial charge in [0, 0.05) is 23.7 Å². The molecule has 5 atom stereocenters. The molecule has 2 heterocycles. The van der Waals surface area contributed by atoms with Gasteiger partial charge in [0.2, 0.25) is 10.0 Å². The fourth-order valence-corrected chi connectivity index (χ4v) is 8.17. The van der Waals surface area contributed by atoms with Gasteiger partial charge >= 0.3 is 0 Å². The molecule has 0 unspecified atom stereocenters. The van der Waals surface area contributed by atoms with Gasteiger partial charge in [-0.05, 0) is 118 Å². The minimum Gasteiger partial charge on any atom is -0.487 e. The fourth-order valence-electron chi connectivity index (χ4n) is 6.67. The van der Waals surface area contributed by atoms with Crippen LogP contribution in [-0.2, 0) is 27.8 Å². The number of halogens is 1. The molecule has 2 aliphatic heterocycles. The Balaban J connectivity index is 1.55. The van der Waals surface area contributed by atoms with E-state index in [1.54, 1.807) is 25.1 Å². The monoisotopic (exact) mass is 616 g/mol. The van der Waals surface area contributed by atoms with Crippen LogP contribution in [-0.4, -0.2) is 49.7 Å². The van der Waals surface area contributed by atoms with Crippen molar-refractivity contribution in [2.75, 3.05) is 18.0 Å². The van der Waals surface area contributed by atoms with Gasteiger partial charge in [-0.2, -0.15) is 0 Å². The SMILES string of the molecule is C[C@@H]1[C@@H](C)CCC[C@@](O)(C=O)[C@@H]2CC[C@H]2CN2CCCCc3cc(Cl)ccc3COc3ccc(cc32)C(=O)NS1(=O)=O. The molecule has 1 aliphatic carbocycles. The summed E-state index contributed by atoms with van der Waals surface area (Å²) in [6.07, 6.45) is 6.29. The molecule has 2 N–H and O–H groups in total. The molecule has 2 aromatic carbocycles. The van der Waals surface area contributed by atoms with Gasteiger partial charge < -0.3 is 19.5 Å². The van der Waals surface area contributed by atoms with Crippen LogP contribution in [0.15, 0.2) is 36.4 Å². The van der Waals surface area contributed by atoms with Crippen LogP contribution in [0.3, 0.4) is 0 Å². The molecular weight excluding hydrogens is 576 g/mol. The number of hydrogen-bond acceptors (Lipinski definition) is 7. The third-order valence-corrected chi connectivity index (χ3v) is 11.9. The molecular formula is C32H41ClN2O6S. The topological polar surface area (TPSA) is 113 Å². The van der Waals surface area contributed by atoms with Crippen molar-refractivity contribution in [2.45, 2.75) is 82.7 Å². The van der Waals surface area contributed by atoms with Gasteiger partial charge in [-0.15, -0.1) is 0 Å². The number of rotatable bonds is 1. The van der Waals surface area contributed by atoms with Crippen LogP contribution in [0.5, 0.6) is 5.75 Å². The maximum Gasteiger partial charge on any atom is 0.264 e. The van der Waals surface area contributed by atoms with Gasteiger partial charge in [-0.1, -0.05) is 24.6 Å². The Morgan fingerprint density at radius 2 is 1.88 bits per heavy atom. The number of nitrogens with zero attached hydrogens (tertiary/aromatic N) is 1. The van der Waals surface area contributed by atoms with Crippen LogP contribution in [0, 0.1) is 17.8 Å². The normalized spacial score (nSPS) is 30.3. The van der Waals surface area contributed by atoms with Crippen molar-refractivity contribution in [3.05, 3.63) is 58.1 Å². The van der Waals surface area contributed by atoms with Gasteiger partial charge in [0.1, 0.15) is 18.0 Å². The lowest BCUT2D eigenvalue weighted by Crippen LogP contribution is -2.52. The number of hydrogen-bond donors (Lipinski definition) is 2. The molecule has 42 heavy (non-hydrogen) atoms. The van der Waals surface area contributed by atoms with E-state index in [1.807, 2.05) is 25.1 Å². The third kappa shape index (κ3) is 6.48. The van der Waals surface area contributed by atoms with E-state index < -0.39 is 26.8 Å². The number of ether oxygens (including phenoxy) is 1. The average molecular weight is 617 g/mol. The number of benzene rings is 2. The summed E-state index contributed by atoms with van der Waals surface area (Å²) >= 11 is 6.29. The van der Waals surface area contributed by atoms with Gasteiger partial charge in [0.15, 0.2) is 6.29 Å². The highest BCUT2D eigenvalue weighted by molar-refractivity contribution is 7.90. The van der Waals surface area contributed by atoms with Crippen LogP contribution < -0.4 is 14.4 Å². The summed E-state index contributed by atoms with van der Waals surface area (Å²) in [7, 11) is -3.97. The van der Waals surface area contributed by atoms with E-state index in [9.17, 15) is 23.1 Å². The highest BCUT2D eigenvalue weighted by Gasteiger charge is 2.47. The van der Waals surface area contributed by atoms with Crippen molar-refractivity contribution in [3.63, 3.8) is 0 Å². The Morgan fingerprint density at radius 3 is 2.62 bits per heavy atom. The van der Waals surface area contributed by atoms with Crippen molar-refractivity contribution in [2.24, 2.45) is 17.8 Å². The molecule has 0 spiro atoms. The summed E-state index contributed by atoms with van der Waals surface area (Å²) in [4.78, 5) is 27.8. The number of anilines is 1. The highest BCUT2D eigenvalue weighted by Crippen LogP contribution is 2.45. The highest BCUT2D eigenvalue weighted by atomic mass is 35.5. The van der Waals surface area contributed by atoms with Crippen molar-refractivity contribution < 1.29 is 27.9 Å². The summed E-state index contributed by atoms with van der Waals surface area (Å²) in [5.74, 6) is -0.446. The number of fused-ring (bicyclic) bond motifs is 3. The Kier molecular flexibility index (Phi) is 9.21. The number of nitrogens with one attached hydrogen (secondary N) is 1. The number of aliphatic hydroxyl groups is 1. The van der Waals surface area contributed by atoms with Crippen molar-refractivity contribution in [3.8, 4) is 5.75 Å². The molecule has 0 aromatic heterocycles. The van der Waals surface area contributed by atoms with E-state index in [-0.39, 0.29) is 29.7 Å². The lowest BCUT2D eigenvalue weighted by Gasteiger charge is -2.47. The fraction of sp³-hybridized carbons (Fsp3) is 0.562. The summed E-state index contributed by atoms with van der Waals surface area (Å²) < 4.78 is 35.0.